The zero-order chi connectivity index (χ0) is 12.8. The van der Waals surface area contributed by atoms with E-state index in [4.69, 9.17) is 0 Å². The summed E-state index contributed by atoms with van der Waals surface area (Å²) in [4.78, 5) is 12.7. The van der Waals surface area contributed by atoms with Crippen LogP contribution >= 0.6 is 12.6 Å². The van der Waals surface area contributed by atoms with Crippen LogP contribution in [0.3, 0.4) is 0 Å². The Hall–Kier alpha value is -0.960. The van der Waals surface area contributed by atoms with E-state index < -0.39 is 0 Å². The maximum Gasteiger partial charge on any atom is 0.251 e. The lowest BCUT2D eigenvalue weighted by atomic mass is 10.0. The Bertz CT molecular complexity index is 376. The van der Waals surface area contributed by atoms with Gasteiger partial charge in [0.05, 0.1) is 0 Å². The molecule has 3 heteroatoms. The van der Waals surface area contributed by atoms with Crippen LogP contribution in [0.1, 0.15) is 44.0 Å². The van der Waals surface area contributed by atoms with Crippen molar-refractivity contribution in [3.05, 3.63) is 29.8 Å². The second-order valence-corrected chi connectivity index (χ2v) is 5.41. The number of rotatable bonds is 5. The zero-order valence-electron chi connectivity index (χ0n) is 10.7. The van der Waals surface area contributed by atoms with Crippen LogP contribution in [0.25, 0.3) is 0 Å². The molecule has 0 radical (unpaired) electrons. The highest BCUT2D eigenvalue weighted by Gasteiger charge is 2.10. The van der Waals surface area contributed by atoms with Crippen molar-refractivity contribution in [2.24, 2.45) is 5.92 Å². The second-order valence-electron chi connectivity index (χ2n) is 4.90. The molecule has 0 fully saturated rings. The Balaban J connectivity index is 2.49. The smallest absolute Gasteiger partial charge is 0.251 e. The molecule has 0 heterocycles. The van der Waals surface area contributed by atoms with Crippen molar-refractivity contribution in [3.8, 4) is 0 Å². The third kappa shape index (κ3) is 5.26. The SMILES string of the molecule is CC(C)CCC(C)NC(=O)c1cccc(S)c1. The quantitative estimate of drug-likeness (QED) is 0.770. The fraction of sp³-hybridized carbons (Fsp3) is 0.500. The summed E-state index contributed by atoms with van der Waals surface area (Å²) in [6.45, 7) is 6.43. The van der Waals surface area contributed by atoms with E-state index in [1.54, 1.807) is 6.07 Å². The van der Waals surface area contributed by atoms with E-state index in [9.17, 15) is 4.79 Å². The van der Waals surface area contributed by atoms with E-state index >= 15 is 0 Å². The molecule has 1 rings (SSSR count). The molecule has 0 saturated heterocycles. The Morgan fingerprint density at radius 2 is 2.00 bits per heavy atom. The molecular formula is C14H21NOS. The van der Waals surface area contributed by atoms with Crippen LogP contribution in [0.5, 0.6) is 0 Å². The number of hydrogen-bond donors (Lipinski definition) is 2. The first kappa shape index (κ1) is 14.1. The number of thiol groups is 1. The first-order valence-corrected chi connectivity index (χ1v) is 6.53. The van der Waals surface area contributed by atoms with E-state index in [2.05, 4.69) is 31.8 Å². The van der Waals surface area contributed by atoms with Crippen LogP contribution < -0.4 is 5.32 Å². The third-order valence-corrected chi connectivity index (χ3v) is 2.94. The van der Waals surface area contributed by atoms with Crippen molar-refractivity contribution < 1.29 is 4.79 Å². The molecule has 0 bridgehead atoms. The van der Waals surface area contributed by atoms with Gasteiger partial charge in [-0.3, -0.25) is 4.79 Å². The van der Waals surface area contributed by atoms with Crippen LogP contribution in [-0.4, -0.2) is 11.9 Å². The zero-order valence-corrected chi connectivity index (χ0v) is 11.6. The van der Waals surface area contributed by atoms with Gasteiger partial charge in [0.15, 0.2) is 0 Å². The number of hydrogen-bond acceptors (Lipinski definition) is 2. The average molecular weight is 251 g/mol. The van der Waals surface area contributed by atoms with E-state index in [0.717, 1.165) is 17.7 Å². The number of carbonyl (C=O) groups excluding carboxylic acids is 1. The molecule has 0 aliphatic carbocycles. The number of carbonyl (C=O) groups is 1. The molecular weight excluding hydrogens is 230 g/mol. The summed E-state index contributed by atoms with van der Waals surface area (Å²) in [5.74, 6) is 0.660. The molecule has 2 nitrogen and oxygen atoms in total. The summed E-state index contributed by atoms with van der Waals surface area (Å²) >= 11 is 4.23. The van der Waals surface area contributed by atoms with E-state index in [0.29, 0.717) is 11.5 Å². The molecule has 1 atom stereocenters. The predicted molar refractivity (Wildman–Crippen MR) is 74.7 cm³/mol. The largest absolute Gasteiger partial charge is 0.350 e. The van der Waals surface area contributed by atoms with Crippen LogP contribution in [0.15, 0.2) is 29.2 Å². The Kier molecular flexibility index (Phi) is 5.56. The minimum Gasteiger partial charge on any atom is -0.350 e. The average Bonchev–Trinajstić information content (AvgIpc) is 2.26. The molecule has 1 amide bonds. The summed E-state index contributed by atoms with van der Waals surface area (Å²) < 4.78 is 0. The fourth-order valence-corrected chi connectivity index (χ4v) is 1.83. The number of amides is 1. The summed E-state index contributed by atoms with van der Waals surface area (Å²) in [5, 5.41) is 3.01. The molecule has 1 aromatic carbocycles. The lowest BCUT2D eigenvalue weighted by molar-refractivity contribution is 0.0937. The molecule has 1 aromatic rings. The standard InChI is InChI=1S/C14H21NOS/c1-10(2)7-8-11(3)15-14(16)12-5-4-6-13(17)9-12/h4-6,9-11,17H,7-8H2,1-3H3,(H,15,16). The number of benzene rings is 1. The summed E-state index contributed by atoms with van der Waals surface area (Å²) in [6.07, 6.45) is 2.15. The van der Waals surface area contributed by atoms with Gasteiger partial charge in [-0.15, -0.1) is 12.6 Å². The molecule has 0 spiro atoms. The summed E-state index contributed by atoms with van der Waals surface area (Å²) in [5.41, 5.74) is 0.675. The summed E-state index contributed by atoms with van der Waals surface area (Å²) in [6, 6.07) is 7.52. The maximum absolute atomic E-state index is 11.9. The molecule has 0 saturated carbocycles. The Morgan fingerprint density at radius 3 is 2.59 bits per heavy atom. The van der Waals surface area contributed by atoms with E-state index in [-0.39, 0.29) is 11.9 Å². The van der Waals surface area contributed by atoms with Crippen molar-refractivity contribution >= 4 is 18.5 Å². The van der Waals surface area contributed by atoms with Crippen molar-refractivity contribution in [2.45, 2.75) is 44.6 Å². The Labute approximate surface area is 109 Å². The van der Waals surface area contributed by atoms with Gasteiger partial charge in [-0.2, -0.15) is 0 Å². The molecule has 94 valence electrons. The molecule has 17 heavy (non-hydrogen) atoms. The lowest BCUT2D eigenvalue weighted by Crippen LogP contribution is -2.32. The molecule has 1 N–H and O–H groups in total. The van der Waals surface area contributed by atoms with Gasteiger partial charge in [0.25, 0.3) is 5.91 Å². The van der Waals surface area contributed by atoms with Crippen LogP contribution in [0.2, 0.25) is 0 Å². The Morgan fingerprint density at radius 1 is 1.29 bits per heavy atom. The van der Waals surface area contributed by atoms with Gasteiger partial charge in [-0.25, -0.2) is 0 Å². The fourth-order valence-electron chi connectivity index (χ4n) is 1.61. The van der Waals surface area contributed by atoms with Gasteiger partial charge in [-0.1, -0.05) is 19.9 Å². The summed E-state index contributed by atoms with van der Waals surface area (Å²) in [7, 11) is 0. The predicted octanol–water partition coefficient (Wildman–Crippen LogP) is 3.53. The van der Waals surface area contributed by atoms with Crippen molar-refractivity contribution in [1.29, 1.82) is 0 Å². The molecule has 0 aliphatic rings. The maximum atomic E-state index is 11.9. The first-order valence-electron chi connectivity index (χ1n) is 6.09. The van der Waals surface area contributed by atoms with Crippen molar-refractivity contribution in [1.82, 2.24) is 5.32 Å². The van der Waals surface area contributed by atoms with E-state index in [1.807, 2.05) is 25.1 Å². The highest BCUT2D eigenvalue weighted by Crippen LogP contribution is 2.10. The van der Waals surface area contributed by atoms with Crippen molar-refractivity contribution in [2.75, 3.05) is 0 Å². The van der Waals surface area contributed by atoms with Crippen LogP contribution in [-0.2, 0) is 0 Å². The van der Waals surface area contributed by atoms with Gasteiger partial charge >= 0.3 is 0 Å². The van der Waals surface area contributed by atoms with Crippen molar-refractivity contribution in [3.63, 3.8) is 0 Å². The molecule has 1 unspecified atom stereocenters. The highest BCUT2D eigenvalue weighted by atomic mass is 32.1. The molecule has 0 aromatic heterocycles. The van der Waals surface area contributed by atoms with E-state index in [1.165, 1.54) is 0 Å². The monoisotopic (exact) mass is 251 g/mol. The minimum absolute atomic E-state index is 0.0165. The second kappa shape index (κ2) is 6.70. The number of nitrogens with one attached hydrogen (secondary N) is 1. The highest BCUT2D eigenvalue weighted by molar-refractivity contribution is 7.80. The van der Waals surface area contributed by atoms with Crippen LogP contribution in [0.4, 0.5) is 0 Å². The van der Waals surface area contributed by atoms with Gasteiger partial charge in [0.2, 0.25) is 0 Å². The topological polar surface area (TPSA) is 29.1 Å². The third-order valence-electron chi connectivity index (χ3n) is 2.66. The van der Waals surface area contributed by atoms with Gasteiger partial charge < -0.3 is 5.32 Å². The minimum atomic E-state index is -0.0165. The van der Waals surface area contributed by atoms with Gasteiger partial charge in [0, 0.05) is 16.5 Å². The first-order chi connectivity index (χ1) is 7.99. The van der Waals surface area contributed by atoms with Gasteiger partial charge in [-0.05, 0) is 43.9 Å². The normalized spacial score (nSPS) is 12.5. The van der Waals surface area contributed by atoms with Crippen LogP contribution in [0, 0.1) is 5.92 Å². The van der Waals surface area contributed by atoms with Gasteiger partial charge in [0.1, 0.15) is 0 Å². The molecule has 0 aliphatic heterocycles. The lowest BCUT2D eigenvalue weighted by Gasteiger charge is -2.15.